The lowest BCUT2D eigenvalue weighted by molar-refractivity contribution is -0.00314. The van der Waals surface area contributed by atoms with Crippen LogP contribution >= 0.6 is 0 Å². The third-order valence-electron chi connectivity index (χ3n) is 3.94. The van der Waals surface area contributed by atoms with E-state index in [2.05, 4.69) is 78.9 Å². The molecule has 0 aromatic carbocycles. The third kappa shape index (κ3) is 16.5. The SMILES string of the molecule is CCOCC(C)OCCC[Si](C)(C)O[Si](C)(C)O[Si](C)(C)O[Si](C)(C)O[Si](C)(C)C. The van der Waals surface area contributed by atoms with Crippen molar-refractivity contribution in [2.45, 2.75) is 104 Å². The van der Waals surface area contributed by atoms with Crippen molar-refractivity contribution in [3.05, 3.63) is 0 Å². The topological polar surface area (TPSA) is 55.4 Å². The second-order valence-electron chi connectivity index (χ2n) is 10.9. The third-order valence-corrected chi connectivity index (χ3v) is 22.0. The summed E-state index contributed by atoms with van der Waals surface area (Å²) in [6.45, 7) is 30.2. The molecule has 6 nitrogen and oxygen atoms in total. The van der Waals surface area contributed by atoms with Crippen LogP contribution in [0, 0.1) is 0 Å². The summed E-state index contributed by atoms with van der Waals surface area (Å²) in [6.07, 6.45) is 1.14. The maximum Gasteiger partial charge on any atom is 0.314 e. The molecule has 0 aliphatic heterocycles. The van der Waals surface area contributed by atoms with Crippen LogP contribution in [0.1, 0.15) is 20.3 Å². The van der Waals surface area contributed by atoms with Crippen molar-refractivity contribution in [2.24, 2.45) is 0 Å². The Labute approximate surface area is 192 Å². The van der Waals surface area contributed by atoms with E-state index in [1.807, 2.05) is 6.92 Å². The molecule has 0 aromatic rings. The molecule has 182 valence electrons. The first-order chi connectivity index (χ1) is 13.3. The highest BCUT2D eigenvalue weighted by atomic mass is 28.5. The standard InChI is InChI=1S/C19H50O6Si5/c1-14-20-18-19(2)21-16-15-17-27(6,7)23-29(10,11)25-30(12,13)24-28(8,9)22-26(3,4)5/h19H,14-18H2,1-13H3. The minimum absolute atomic E-state index is 0.139. The molecule has 0 aliphatic carbocycles. The van der Waals surface area contributed by atoms with Gasteiger partial charge in [-0.15, -0.1) is 0 Å². The number of ether oxygens (including phenoxy) is 2. The van der Waals surface area contributed by atoms with Crippen LogP contribution in [-0.2, 0) is 25.9 Å². The molecule has 1 unspecified atom stereocenters. The van der Waals surface area contributed by atoms with Crippen LogP contribution in [-0.4, -0.2) is 68.2 Å². The van der Waals surface area contributed by atoms with Gasteiger partial charge in [-0.2, -0.15) is 0 Å². The van der Waals surface area contributed by atoms with Crippen LogP contribution in [0.5, 0.6) is 0 Å². The fraction of sp³-hybridized carbons (Fsp3) is 1.00. The van der Waals surface area contributed by atoms with Gasteiger partial charge in [-0.25, -0.2) is 0 Å². The summed E-state index contributed by atoms with van der Waals surface area (Å²) < 4.78 is 37.4. The summed E-state index contributed by atoms with van der Waals surface area (Å²) in [7, 11) is -10.4. The Hall–Kier alpha value is 0.844. The van der Waals surface area contributed by atoms with Crippen molar-refractivity contribution in [3.8, 4) is 0 Å². The average Bonchev–Trinajstić information content (AvgIpc) is 2.42. The van der Waals surface area contributed by atoms with E-state index in [-0.39, 0.29) is 6.10 Å². The van der Waals surface area contributed by atoms with E-state index in [0.29, 0.717) is 6.61 Å². The molecule has 0 spiro atoms. The molecule has 1 atom stereocenters. The fourth-order valence-electron chi connectivity index (χ4n) is 3.81. The van der Waals surface area contributed by atoms with E-state index in [1.165, 1.54) is 0 Å². The Morgan fingerprint density at radius 2 is 1.13 bits per heavy atom. The van der Waals surface area contributed by atoms with Gasteiger partial charge in [0.25, 0.3) is 0 Å². The quantitative estimate of drug-likeness (QED) is 0.185. The molecule has 0 saturated heterocycles. The second kappa shape index (κ2) is 12.3. The molecule has 0 saturated carbocycles. The van der Waals surface area contributed by atoms with Gasteiger partial charge in [0, 0.05) is 13.2 Å². The van der Waals surface area contributed by atoms with Crippen molar-refractivity contribution >= 4 is 42.3 Å². The van der Waals surface area contributed by atoms with E-state index < -0.39 is 42.3 Å². The zero-order chi connectivity index (χ0) is 23.9. The van der Waals surface area contributed by atoms with Gasteiger partial charge >= 0.3 is 25.7 Å². The van der Waals surface area contributed by atoms with Gasteiger partial charge in [-0.1, -0.05) is 0 Å². The van der Waals surface area contributed by atoms with E-state index in [0.717, 1.165) is 25.7 Å². The molecule has 0 amide bonds. The second-order valence-corrected chi connectivity index (χ2v) is 30.8. The van der Waals surface area contributed by atoms with Crippen LogP contribution in [0.2, 0.25) is 78.1 Å². The fourth-order valence-corrected chi connectivity index (χ4v) is 27.5. The molecule has 11 heteroatoms. The van der Waals surface area contributed by atoms with E-state index in [1.54, 1.807) is 0 Å². The Balaban J connectivity index is 4.64. The largest absolute Gasteiger partial charge is 0.437 e. The van der Waals surface area contributed by atoms with Gasteiger partial charge in [0.05, 0.1) is 12.7 Å². The summed E-state index contributed by atoms with van der Waals surface area (Å²) in [5, 5.41) is 0. The molecule has 0 fully saturated rings. The lowest BCUT2D eigenvalue weighted by Gasteiger charge is -2.42. The van der Waals surface area contributed by atoms with E-state index in [4.69, 9.17) is 25.9 Å². The summed E-state index contributed by atoms with van der Waals surface area (Å²) in [6, 6.07) is 1.05. The minimum atomic E-state index is -2.36. The molecule has 0 aromatic heterocycles. The zero-order valence-electron chi connectivity index (χ0n) is 22.1. The maximum absolute atomic E-state index is 6.66. The van der Waals surface area contributed by atoms with Crippen LogP contribution in [0.15, 0.2) is 0 Å². The first-order valence-corrected chi connectivity index (χ1v) is 26.3. The maximum atomic E-state index is 6.66. The number of hydrogen-bond acceptors (Lipinski definition) is 6. The highest BCUT2D eigenvalue weighted by Gasteiger charge is 2.45. The van der Waals surface area contributed by atoms with E-state index >= 15 is 0 Å². The van der Waals surface area contributed by atoms with Gasteiger partial charge in [0.2, 0.25) is 0 Å². The molecule has 30 heavy (non-hydrogen) atoms. The van der Waals surface area contributed by atoms with E-state index in [9.17, 15) is 0 Å². The normalized spacial score (nSPS) is 15.5. The molecule has 0 heterocycles. The van der Waals surface area contributed by atoms with Crippen LogP contribution in [0.25, 0.3) is 0 Å². The molecular weight excluding hydrogens is 465 g/mol. The van der Waals surface area contributed by atoms with Crippen molar-refractivity contribution in [3.63, 3.8) is 0 Å². The van der Waals surface area contributed by atoms with Gasteiger partial charge in [-0.05, 0) is 98.3 Å². The lowest BCUT2D eigenvalue weighted by Crippen LogP contribution is -2.58. The molecule has 0 N–H and O–H groups in total. The number of hydrogen-bond donors (Lipinski definition) is 0. The molecule has 0 bridgehead atoms. The highest BCUT2D eigenvalue weighted by molar-refractivity contribution is 6.90. The van der Waals surface area contributed by atoms with Gasteiger partial charge < -0.3 is 25.9 Å². The predicted octanol–water partition coefficient (Wildman–Crippen LogP) is 6.03. The molecule has 0 aliphatic rings. The monoisotopic (exact) mass is 514 g/mol. The van der Waals surface area contributed by atoms with Crippen LogP contribution < -0.4 is 0 Å². The zero-order valence-corrected chi connectivity index (χ0v) is 27.1. The van der Waals surface area contributed by atoms with Gasteiger partial charge in [0.15, 0.2) is 16.6 Å². The Morgan fingerprint density at radius 3 is 1.60 bits per heavy atom. The predicted molar refractivity (Wildman–Crippen MR) is 139 cm³/mol. The summed E-state index contributed by atoms with van der Waals surface area (Å²) in [4.78, 5) is 0. The van der Waals surface area contributed by atoms with Crippen LogP contribution in [0.3, 0.4) is 0 Å². The molecular formula is C19H50O6Si5. The first kappa shape index (κ1) is 30.8. The Morgan fingerprint density at radius 1 is 0.667 bits per heavy atom. The smallest absolute Gasteiger partial charge is 0.314 e. The summed E-state index contributed by atoms with van der Waals surface area (Å²) in [5.74, 6) is 0. The Bertz CT molecular complexity index is 494. The Kier molecular flexibility index (Phi) is 12.7. The molecule has 0 rings (SSSR count). The first-order valence-electron chi connectivity index (χ1n) is 11.3. The number of rotatable bonds is 16. The van der Waals surface area contributed by atoms with Crippen molar-refractivity contribution < 1.29 is 25.9 Å². The van der Waals surface area contributed by atoms with Gasteiger partial charge in [-0.3, -0.25) is 0 Å². The van der Waals surface area contributed by atoms with Crippen molar-refractivity contribution in [1.82, 2.24) is 0 Å². The van der Waals surface area contributed by atoms with Crippen molar-refractivity contribution in [1.29, 1.82) is 0 Å². The van der Waals surface area contributed by atoms with Crippen LogP contribution in [0.4, 0.5) is 0 Å². The lowest BCUT2D eigenvalue weighted by atomic mass is 10.4. The minimum Gasteiger partial charge on any atom is -0.437 e. The summed E-state index contributed by atoms with van der Waals surface area (Å²) >= 11 is 0. The molecule has 0 radical (unpaired) electrons. The average molecular weight is 515 g/mol. The van der Waals surface area contributed by atoms with Gasteiger partial charge in [0.1, 0.15) is 0 Å². The van der Waals surface area contributed by atoms with Crippen molar-refractivity contribution in [2.75, 3.05) is 19.8 Å². The summed E-state index contributed by atoms with van der Waals surface area (Å²) in [5.41, 5.74) is 0. The highest BCUT2D eigenvalue weighted by Crippen LogP contribution is 2.27.